The lowest BCUT2D eigenvalue weighted by Crippen LogP contribution is -2.44. The van der Waals surface area contributed by atoms with Gasteiger partial charge in [0, 0.05) is 39.5 Å². The van der Waals surface area contributed by atoms with Crippen LogP contribution in [0.4, 0.5) is 4.39 Å². The normalized spacial score (nSPS) is 21.7. The average Bonchev–Trinajstić information content (AvgIpc) is 3.06. The minimum Gasteiger partial charge on any atom is -0.385 e. The van der Waals surface area contributed by atoms with Gasteiger partial charge in [0.05, 0.1) is 18.2 Å². The molecule has 6 heteroatoms. The van der Waals surface area contributed by atoms with E-state index in [0.717, 1.165) is 43.5 Å². The Labute approximate surface area is 154 Å². The van der Waals surface area contributed by atoms with E-state index < -0.39 is 0 Å². The van der Waals surface area contributed by atoms with Crippen LogP contribution in [0.15, 0.2) is 36.8 Å². The second kappa shape index (κ2) is 9.26. The summed E-state index contributed by atoms with van der Waals surface area (Å²) in [6, 6.07) is 7.45. The molecule has 2 aromatic rings. The molecule has 0 bridgehead atoms. The minimum atomic E-state index is -0.185. The van der Waals surface area contributed by atoms with Gasteiger partial charge in [-0.05, 0) is 43.4 Å². The van der Waals surface area contributed by atoms with Crippen LogP contribution in [-0.4, -0.2) is 42.0 Å². The fraction of sp³-hybridized carbons (Fsp3) is 0.550. The molecule has 1 aliphatic rings. The number of benzene rings is 1. The molecule has 0 radical (unpaired) electrons. The highest BCUT2D eigenvalue weighted by atomic mass is 19.1. The molecule has 3 rings (SSSR count). The molecule has 1 saturated heterocycles. The summed E-state index contributed by atoms with van der Waals surface area (Å²) in [5.74, 6) is -0.185. The van der Waals surface area contributed by atoms with Crippen LogP contribution in [0.3, 0.4) is 0 Å². The first-order valence-electron chi connectivity index (χ1n) is 9.23. The van der Waals surface area contributed by atoms with Crippen molar-refractivity contribution in [3.05, 3.63) is 53.9 Å². The Morgan fingerprint density at radius 1 is 1.46 bits per heavy atom. The van der Waals surface area contributed by atoms with Gasteiger partial charge < -0.3 is 19.4 Å². The second-order valence-electron chi connectivity index (χ2n) is 6.99. The molecular formula is C20H28FN3O2. The number of nitrogens with one attached hydrogen (secondary N) is 1. The van der Waals surface area contributed by atoms with Gasteiger partial charge in [-0.2, -0.15) is 0 Å². The van der Waals surface area contributed by atoms with E-state index in [4.69, 9.17) is 9.47 Å². The molecule has 1 N–H and O–H groups in total. The zero-order valence-electron chi connectivity index (χ0n) is 15.5. The van der Waals surface area contributed by atoms with Crippen molar-refractivity contribution >= 4 is 0 Å². The Morgan fingerprint density at radius 3 is 3.08 bits per heavy atom. The smallest absolute Gasteiger partial charge is 0.123 e. The van der Waals surface area contributed by atoms with Gasteiger partial charge >= 0.3 is 0 Å². The summed E-state index contributed by atoms with van der Waals surface area (Å²) in [4.78, 5) is 4.20. The van der Waals surface area contributed by atoms with Gasteiger partial charge in [0.15, 0.2) is 0 Å². The fourth-order valence-electron chi connectivity index (χ4n) is 3.62. The van der Waals surface area contributed by atoms with Crippen LogP contribution in [0.2, 0.25) is 0 Å². The van der Waals surface area contributed by atoms with Crippen molar-refractivity contribution in [2.45, 2.75) is 43.9 Å². The largest absolute Gasteiger partial charge is 0.385 e. The van der Waals surface area contributed by atoms with E-state index in [2.05, 4.69) is 10.3 Å². The average molecular weight is 361 g/mol. The fourth-order valence-corrected chi connectivity index (χ4v) is 3.62. The topological polar surface area (TPSA) is 48.3 Å². The van der Waals surface area contributed by atoms with Gasteiger partial charge in [0.1, 0.15) is 11.9 Å². The maximum absolute atomic E-state index is 13.5. The quantitative estimate of drug-likeness (QED) is 0.785. The number of hydrogen-bond acceptors (Lipinski definition) is 4. The van der Waals surface area contributed by atoms with Crippen LogP contribution in [0.1, 0.15) is 36.6 Å². The van der Waals surface area contributed by atoms with Gasteiger partial charge in [-0.1, -0.05) is 12.1 Å². The lowest BCUT2D eigenvalue weighted by molar-refractivity contribution is -0.00625. The van der Waals surface area contributed by atoms with Crippen LogP contribution in [-0.2, 0) is 22.9 Å². The molecule has 5 nitrogen and oxygen atoms in total. The van der Waals surface area contributed by atoms with E-state index in [9.17, 15) is 4.39 Å². The maximum atomic E-state index is 13.5. The van der Waals surface area contributed by atoms with Crippen LogP contribution in [0.5, 0.6) is 0 Å². The van der Waals surface area contributed by atoms with E-state index >= 15 is 0 Å². The SMILES string of the molecule is COCC[C@H](Cc1cccc(F)c1)N[C@H]1CCO[C@@H](c2cncn2C)C1. The van der Waals surface area contributed by atoms with Crippen LogP contribution in [0, 0.1) is 5.82 Å². The zero-order chi connectivity index (χ0) is 18.4. The summed E-state index contributed by atoms with van der Waals surface area (Å²) in [5.41, 5.74) is 2.11. The van der Waals surface area contributed by atoms with Crippen molar-refractivity contribution in [3.63, 3.8) is 0 Å². The lowest BCUT2D eigenvalue weighted by atomic mass is 9.97. The molecule has 0 saturated carbocycles. The van der Waals surface area contributed by atoms with Crippen molar-refractivity contribution in [1.82, 2.24) is 14.9 Å². The summed E-state index contributed by atoms with van der Waals surface area (Å²) in [7, 11) is 3.71. The molecule has 1 fully saturated rings. The number of rotatable bonds is 8. The van der Waals surface area contributed by atoms with Gasteiger partial charge in [-0.25, -0.2) is 9.37 Å². The summed E-state index contributed by atoms with van der Waals surface area (Å²) in [6.45, 7) is 1.41. The third-order valence-corrected chi connectivity index (χ3v) is 4.98. The highest BCUT2D eigenvalue weighted by Crippen LogP contribution is 2.28. The molecule has 3 atom stereocenters. The third-order valence-electron chi connectivity index (χ3n) is 4.98. The number of aromatic nitrogens is 2. The molecule has 1 aromatic heterocycles. The summed E-state index contributed by atoms with van der Waals surface area (Å²) in [5, 5.41) is 3.76. The number of methoxy groups -OCH3 is 1. The molecule has 0 unspecified atom stereocenters. The van der Waals surface area contributed by atoms with E-state index in [1.807, 2.05) is 23.9 Å². The molecule has 142 valence electrons. The summed E-state index contributed by atoms with van der Waals surface area (Å²) < 4.78 is 26.7. The number of hydrogen-bond donors (Lipinski definition) is 1. The minimum absolute atomic E-state index is 0.0611. The first-order chi connectivity index (χ1) is 12.7. The summed E-state index contributed by atoms with van der Waals surface area (Å²) in [6.07, 6.45) is 7.30. The molecule has 0 aliphatic carbocycles. The Bertz CT molecular complexity index is 691. The molecule has 0 spiro atoms. The Balaban J connectivity index is 1.63. The molecule has 0 amide bonds. The number of imidazole rings is 1. The molecule has 26 heavy (non-hydrogen) atoms. The van der Waals surface area contributed by atoms with Gasteiger partial charge in [0.25, 0.3) is 0 Å². The summed E-state index contributed by atoms with van der Waals surface area (Å²) >= 11 is 0. The lowest BCUT2D eigenvalue weighted by Gasteiger charge is -2.33. The van der Waals surface area contributed by atoms with Crippen molar-refractivity contribution in [2.24, 2.45) is 7.05 Å². The Morgan fingerprint density at radius 2 is 2.35 bits per heavy atom. The van der Waals surface area contributed by atoms with Crippen LogP contribution >= 0.6 is 0 Å². The van der Waals surface area contributed by atoms with Crippen molar-refractivity contribution in [2.75, 3.05) is 20.3 Å². The van der Waals surface area contributed by atoms with Crippen LogP contribution < -0.4 is 5.32 Å². The highest BCUT2D eigenvalue weighted by molar-refractivity contribution is 5.17. The standard InChI is InChI=1S/C20H28FN3O2/c1-24-14-22-13-19(24)20-12-18(7-9-26-20)23-17(6-8-25-2)11-15-4-3-5-16(21)10-15/h3-5,10,13-14,17-18,20,23H,6-9,11-12H2,1-2H3/t17-,18+,20-/m1/s1. The molecule has 1 aliphatic heterocycles. The van der Waals surface area contributed by atoms with Gasteiger partial charge in [-0.3, -0.25) is 0 Å². The van der Waals surface area contributed by atoms with Crippen molar-refractivity contribution in [3.8, 4) is 0 Å². The predicted molar refractivity (Wildman–Crippen MR) is 98.4 cm³/mol. The Hall–Kier alpha value is -1.76. The molecule has 1 aromatic carbocycles. The Kier molecular flexibility index (Phi) is 6.77. The van der Waals surface area contributed by atoms with Gasteiger partial charge in [-0.15, -0.1) is 0 Å². The first kappa shape index (κ1) is 19.0. The third kappa shape index (κ3) is 5.13. The monoisotopic (exact) mass is 361 g/mol. The van der Waals surface area contributed by atoms with Crippen LogP contribution in [0.25, 0.3) is 0 Å². The van der Waals surface area contributed by atoms with Gasteiger partial charge in [0.2, 0.25) is 0 Å². The van der Waals surface area contributed by atoms with Crippen molar-refractivity contribution < 1.29 is 13.9 Å². The van der Waals surface area contributed by atoms with E-state index in [0.29, 0.717) is 12.6 Å². The second-order valence-corrected chi connectivity index (χ2v) is 6.99. The number of nitrogens with zero attached hydrogens (tertiary/aromatic N) is 2. The van der Waals surface area contributed by atoms with E-state index in [1.54, 1.807) is 25.6 Å². The van der Waals surface area contributed by atoms with E-state index in [-0.39, 0.29) is 18.0 Å². The molecule has 2 heterocycles. The number of halogens is 1. The van der Waals surface area contributed by atoms with Crippen molar-refractivity contribution in [1.29, 1.82) is 0 Å². The maximum Gasteiger partial charge on any atom is 0.123 e. The number of ether oxygens (including phenoxy) is 2. The molecular weight excluding hydrogens is 333 g/mol. The highest BCUT2D eigenvalue weighted by Gasteiger charge is 2.27. The number of aryl methyl sites for hydroxylation is 1. The first-order valence-corrected chi connectivity index (χ1v) is 9.23. The van der Waals surface area contributed by atoms with E-state index in [1.165, 1.54) is 6.07 Å². The zero-order valence-corrected chi connectivity index (χ0v) is 15.5. The predicted octanol–water partition coefficient (Wildman–Crippen LogP) is 3.02.